The fourth-order valence-electron chi connectivity index (χ4n) is 2.52. The molecule has 0 saturated carbocycles. The summed E-state index contributed by atoms with van der Waals surface area (Å²) in [5.41, 5.74) is 0. The number of nitrogens with zero attached hydrogens (tertiary/aromatic N) is 1. The van der Waals surface area contributed by atoms with E-state index >= 15 is 0 Å². The normalized spacial score (nSPS) is 20.7. The molecule has 0 bridgehead atoms. The summed E-state index contributed by atoms with van der Waals surface area (Å²) in [5.74, 6) is 0.641. The zero-order chi connectivity index (χ0) is 13.4. The van der Waals surface area contributed by atoms with Crippen LogP contribution in [-0.4, -0.2) is 57.0 Å². The smallest absolute Gasteiger partial charge is 0.151 e. The Morgan fingerprint density at radius 1 is 1.17 bits per heavy atom. The lowest BCUT2D eigenvalue weighted by molar-refractivity contribution is 0.262. The zero-order valence-electron chi connectivity index (χ0n) is 11.8. The molecule has 5 heteroatoms. The van der Waals surface area contributed by atoms with Gasteiger partial charge < -0.3 is 10.2 Å². The second-order valence-electron chi connectivity index (χ2n) is 5.25. The molecule has 0 amide bonds. The van der Waals surface area contributed by atoms with Crippen LogP contribution < -0.4 is 5.32 Å². The van der Waals surface area contributed by atoms with E-state index in [0.29, 0.717) is 24.1 Å². The minimum Gasteiger partial charge on any atom is -0.313 e. The Labute approximate surface area is 112 Å². The maximum Gasteiger partial charge on any atom is 0.151 e. The standard InChI is InChI=1S/C13H28N2O2S/c1-3-8-15(12-13-6-5-7-14-13)9-11-18(16,17)10-4-2/h13-14H,3-12H2,1-2H3. The summed E-state index contributed by atoms with van der Waals surface area (Å²) >= 11 is 0. The van der Waals surface area contributed by atoms with Gasteiger partial charge in [-0.25, -0.2) is 8.42 Å². The van der Waals surface area contributed by atoms with Crippen LogP contribution in [0.25, 0.3) is 0 Å². The minimum atomic E-state index is -2.84. The second kappa shape index (κ2) is 8.12. The van der Waals surface area contributed by atoms with E-state index in [4.69, 9.17) is 0 Å². The van der Waals surface area contributed by atoms with E-state index in [1.165, 1.54) is 12.8 Å². The number of rotatable bonds is 9. The van der Waals surface area contributed by atoms with Crippen LogP contribution in [0.1, 0.15) is 39.5 Å². The van der Waals surface area contributed by atoms with Gasteiger partial charge in [0.25, 0.3) is 0 Å². The molecule has 1 saturated heterocycles. The van der Waals surface area contributed by atoms with E-state index in [1.54, 1.807) is 0 Å². The highest BCUT2D eigenvalue weighted by molar-refractivity contribution is 7.91. The Bertz CT molecular complexity index is 311. The van der Waals surface area contributed by atoms with Gasteiger partial charge in [-0.2, -0.15) is 0 Å². The molecule has 0 aliphatic carbocycles. The maximum absolute atomic E-state index is 11.7. The highest BCUT2D eigenvalue weighted by Crippen LogP contribution is 2.08. The predicted octanol–water partition coefficient (Wildman–Crippen LogP) is 1.28. The summed E-state index contributed by atoms with van der Waals surface area (Å²) in [7, 11) is -2.84. The van der Waals surface area contributed by atoms with Gasteiger partial charge in [0.15, 0.2) is 9.84 Å². The topological polar surface area (TPSA) is 49.4 Å². The van der Waals surface area contributed by atoms with Crippen molar-refractivity contribution < 1.29 is 8.42 Å². The molecule has 1 rings (SSSR count). The molecule has 1 fully saturated rings. The molecule has 0 aromatic rings. The van der Waals surface area contributed by atoms with Crippen molar-refractivity contribution in [3.8, 4) is 0 Å². The minimum absolute atomic E-state index is 0.313. The highest BCUT2D eigenvalue weighted by Gasteiger charge is 2.19. The highest BCUT2D eigenvalue weighted by atomic mass is 32.2. The molecule has 1 N–H and O–H groups in total. The summed E-state index contributed by atoms with van der Waals surface area (Å²) < 4.78 is 23.5. The van der Waals surface area contributed by atoms with E-state index < -0.39 is 9.84 Å². The lowest BCUT2D eigenvalue weighted by Gasteiger charge is -2.25. The largest absolute Gasteiger partial charge is 0.313 e. The number of hydrogen-bond acceptors (Lipinski definition) is 4. The lowest BCUT2D eigenvalue weighted by atomic mass is 10.2. The van der Waals surface area contributed by atoms with Crippen LogP contribution in [0.2, 0.25) is 0 Å². The first kappa shape index (κ1) is 15.9. The molecule has 1 unspecified atom stereocenters. The molecular weight excluding hydrogens is 248 g/mol. The van der Waals surface area contributed by atoms with Crippen LogP contribution in [0.15, 0.2) is 0 Å². The molecule has 1 aliphatic heterocycles. The average molecular weight is 276 g/mol. The van der Waals surface area contributed by atoms with E-state index in [2.05, 4.69) is 17.1 Å². The molecule has 108 valence electrons. The SMILES string of the molecule is CCCN(CCS(=O)(=O)CCC)CC1CCCN1. The van der Waals surface area contributed by atoms with Crippen LogP contribution >= 0.6 is 0 Å². The molecule has 1 heterocycles. The van der Waals surface area contributed by atoms with Crippen LogP contribution in [0, 0.1) is 0 Å². The Morgan fingerprint density at radius 2 is 1.94 bits per heavy atom. The van der Waals surface area contributed by atoms with Gasteiger partial charge in [0.2, 0.25) is 0 Å². The van der Waals surface area contributed by atoms with Crippen molar-refractivity contribution in [3.05, 3.63) is 0 Å². The summed E-state index contributed by atoms with van der Waals surface area (Å²) in [6, 6.07) is 0.561. The van der Waals surface area contributed by atoms with Crippen LogP contribution in [-0.2, 0) is 9.84 Å². The van der Waals surface area contributed by atoms with E-state index in [0.717, 1.165) is 32.5 Å². The van der Waals surface area contributed by atoms with Crippen molar-refractivity contribution in [2.45, 2.75) is 45.6 Å². The first-order valence-electron chi connectivity index (χ1n) is 7.23. The summed E-state index contributed by atoms with van der Waals surface area (Å²) in [5, 5.41) is 3.48. The first-order chi connectivity index (χ1) is 8.57. The molecular formula is C13H28N2O2S. The Hall–Kier alpha value is -0.130. The maximum atomic E-state index is 11.7. The molecule has 18 heavy (non-hydrogen) atoms. The van der Waals surface area contributed by atoms with Crippen molar-refractivity contribution in [1.82, 2.24) is 10.2 Å². The average Bonchev–Trinajstić information content (AvgIpc) is 2.79. The number of hydrogen-bond donors (Lipinski definition) is 1. The first-order valence-corrected chi connectivity index (χ1v) is 9.05. The summed E-state index contributed by atoms with van der Waals surface area (Å²) in [4.78, 5) is 2.30. The van der Waals surface area contributed by atoms with Gasteiger partial charge in [-0.15, -0.1) is 0 Å². The molecule has 1 aliphatic rings. The zero-order valence-corrected chi connectivity index (χ0v) is 12.6. The fraction of sp³-hybridized carbons (Fsp3) is 1.00. The Kier molecular flexibility index (Phi) is 7.19. The van der Waals surface area contributed by atoms with Gasteiger partial charge in [-0.1, -0.05) is 13.8 Å². The molecule has 0 aromatic carbocycles. The van der Waals surface area contributed by atoms with Crippen molar-refractivity contribution in [2.24, 2.45) is 0 Å². The van der Waals surface area contributed by atoms with E-state index in [9.17, 15) is 8.42 Å². The van der Waals surface area contributed by atoms with Gasteiger partial charge in [-0.05, 0) is 38.8 Å². The predicted molar refractivity (Wildman–Crippen MR) is 76.7 cm³/mol. The van der Waals surface area contributed by atoms with Crippen molar-refractivity contribution >= 4 is 9.84 Å². The Balaban J connectivity index is 2.36. The van der Waals surface area contributed by atoms with Gasteiger partial charge in [0.1, 0.15) is 0 Å². The number of sulfone groups is 1. The Morgan fingerprint density at radius 3 is 2.50 bits per heavy atom. The molecule has 1 atom stereocenters. The van der Waals surface area contributed by atoms with Crippen LogP contribution in [0.4, 0.5) is 0 Å². The van der Waals surface area contributed by atoms with Gasteiger partial charge in [0.05, 0.1) is 5.75 Å². The summed E-state index contributed by atoms with van der Waals surface area (Å²) in [6.07, 6.45) is 4.28. The van der Waals surface area contributed by atoms with Crippen molar-refractivity contribution in [2.75, 3.05) is 37.7 Å². The lowest BCUT2D eigenvalue weighted by Crippen LogP contribution is -2.40. The van der Waals surface area contributed by atoms with Crippen LogP contribution in [0.3, 0.4) is 0 Å². The van der Waals surface area contributed by atoms with Gasteiger partial charge in [0, 0.05) is 24.9 Å². The van der Waals surface area contributed by atoms with Crippen molar-refractivity contribution in [1.29, 1.82) is 0 Å². The molecule has 0 radical (unpaired) electrons. The molecule has 4 nitrogen and oxygen atoms in total. The quantitative estimate of drug-likeness (QED) is 0.689. The third-order valence-corrected chi connectivity index (χ3v) is 5.25. The van der Waals surface area contributed by atoms with E-state index in [-0.39, 0.29) is 0 Å². The van der Waals surface area contributed by atoms with Crippen molar-refractivity contribution in [3.63, 3.8) is 0 Å². The molecule has 0 spiro atoms. The second-order valence-corrected chi connectivity index (χ2v) is 7.55. The summed E-state index contributed by atoms with van der Waals surface area (Å²) in [6.45, 7) is 7.86. The third kappa shape index (κ3) is 6.16. The number of nitrogens with one attached hydrogen (secondary N) is 1. The van der Waals surface area contributed by atoms with Gasteiger partial charge >= 0.3 is 0 Å². The van der Waals surface area contributed by atoms with Crippen LogP contribution in [0.5, 0.6) is 0 Å². The third-order valence-electron chi connectivity index (χ3n) is 3.41. The monoisotopic (exact) mass is 276 g/mol. The van der Waals surface area contributed by atoms with Gasteiger partial charge in [-0.3, -0.25) is 0 Å². The molecule has 0 aromatic heterocycles. The fourth-order valence-corrected chi connectivity index (χ4v) is 3.88. The van der Waals surface area contributed by atoms with E-state index in [1.807, 2.05) is 6.92 Å².